The Hall–Kier alpha value is -3.60. The fourth-order valence-corrected chi connectivity index (χ4v) is 6.00. The summed E-state index contributed by atoms with van der Waals surface area (Å²) in [6, 6.07) is 10.4. The molecule has 0 amide bonds. The molecule has 0 radical (unpaired) electrons. The summed E-state index contributed by atoms with van der Waals surface area (Å²) in [5.74, 6) is 0.123. The lowest BCUT2D eigenvalue weighted by atomic mass is 9.87. The second-order valence-corrected chi connectivity index (χ2v) is 13.0. The van der Waals surface area contributed by atoms with E-state index in [9.17, 15) is 9.90 Å². The summed E-state index contributed by atoms with van der Waals surface area (Å²) in [4.78, 5) is 24.4. The van der Waals surface area contributed by atoms with Crippen LogP contribution in [0.2, 0.25) is 0 Å². The molecule has 4 aromatic rings. The van der Waals surface area contributed by atoms with Crippen LogP contribution >= 0.6 is 11.9 Å². The van der Waals surface area contributed by atoms with Gasteiger partial charge in [0, 0.05) is 36.3 Å². The number of hydrogen-bond donors (Lipinski definition) is 1. The molecule has 0 bridgehead atoms. The van der Waals surface area contributed by atoms with Crippen LogP contribution in [0.4, 0.5) is 11.6 Å². The fraction of sp³-hybridized carbons (Fsp3) is 0.424. The van der Waals surface area contributed by atoms with Crippen LogP contribution in [0.1, 0.15) is 49.3 Å². The zero-order valence-electron chi connectivity index (χ0n) is 26.3. The number of aryl methyl sites for hydroxylation is 2. The Labute approximate surface area is 258 Å². The van der Waals surface area contributed by atoms with Gasteiger partial charge in [0.2, 0.25) is 5.95 Å². The summed E-state index contributed by atoms with van der Waals surface area (Å²) in [5, 5.41) is 11.6. The van der Waals surface area contributed by atoms with Crippen molar-refractivity contribution in [3.05, 3.63) is 65.1 Å². The molecule has 0 spiro atoms. The van der Waals surface area contributed by atoms with E-state index in [0.29, 0.717) is 30.4 Å². The van der Waals surface area contributed by atoms with Crippen molar-refractivity contribution in [1.82, 2.24) is 18.8 Å². The third kappa shape index (κ3) is 6.23. The van der Waals surface area contributed by atoms with Crippen molar-refractivity contribution in [3.63, 3.8) is 0 Å². The first-order chi connectivity index (χ1) is 20.4. The van der Waals surface area contributed by atoms with E-state index < -0.39 is 17.7 Å². The van der Waals surface area contributed by atoms with Gasteiger partial charge in [-0.25, -0.2) is 14.8 Å². The lowest BCUT2D eigenvalue weighted by molar-refractivity contribution is -0.160. The standard InChI is InChI=1S/C33H41N5O4S/c1-20-9-11-23(12-10-20)27-25-17-21(2)37-13-14-38(32-34-18-24(19-35-32)41-16-15-36(7)43-8)28(29(25)37)22(3)26(27)30(31(39)40)42-33(4,5)6/h9-12,17-19,30H,13-16H2,1-8H3,(H,39,40)/t30-/m0/s1. The summed E-state index contributed by atoms with van der Waals surface area (Å²) < 4.78 is 16.6. The molecule has 3 heterocycles. The molecule has 2 aromatic carbocycles. The van der Waals surface area contributed by atoms with Crippen LogP contribution in [-0.4, -0.2) is 68.5 Å². The summed E-state index contributed by atoms with van der Waals surface area (Å²) >= 11 is 1.65. The molecular weight excluding hydrogens is 562 g/mol. The first-order valence-electron chi connectivity index (χ1n) is 14.5. The maximum absolute atomic E-state index is 12.9. The molecule has 0 unspecified atom stereocenters. The molecular formula is C33H41N5O4S. The van der Waals surface area contributed by atoms with Gasteiger partial charge in [-0.3, -0.25) is 4.31 Å². The number of carbonyl (C=O) groups is 1. The largest absolute Gasteiger partial charge is 0.489 e. The molecule has 2 aromatic heterocycles. The highest BCUT2D eigenvalue weighted by molar-refractivity contribution is 7.96. The van der Waals surface area contributed by atoms with E-state index in [1.54, 1.807) is 24.3 Å². The fourth-order valence-electron chi connectivity index (χ4n) is 5.74. The minimum atomic E-state index is -1.18. The smallest absolute Gasteiger partial charge is 0.337 e. The minimum absolute atomic E-state index is 0.532. The highest BCUT2D eigenvalue weighted by atomic mass is 32.2. The number of hydrogen-bond acceptors (Lipinski definition) is 8. The van der Waals surface area contributed by atoms with E-state index in [4.69, 9.17) is 19.4 Å². The summed E-state index contributed by atoms with van der Waals surface area (Å²) in [6.45, 7) is 14.5. The van der Waals surface area contributed by atoms with Gasteiger partial charge in [0.15, 0.2) is 11.9 Å². The van der Waals surface area contributed by atoms with Crippen molar-refractivity contribution >= 4 is 40.5 Å². The van der Waals surface area contributed by atoms with E-state index in [0.717, 1.165) is 57.6 Å². The molecule has 5 rings (SSSR count). The molecule has 228 valence electrons. The second-order valence-electron chi connectivity index (χ2n) is 12.0. The van der Waals surface area contributed by atoms with Gasteiger partial charge in [0.25, 0.3) is 0 Å². The van der Waals surface area contributed by atoms with Crippen molar-refractivity contribution < 1.29 is 19.4 Å². The van der Waals surface area contributed by atoms with Crippen molar-refractivity contribution in [2.45, 2.75) is 59.8 Å². The lowest BCUT2D eigenvalue weighted by Crippen LogP contribution is -2.32. The zero-order chi connectivity index (χ0) is 31.1. The normalized spacial score (nSPS) is 14.0. The van der Waals surface area contributed by atoms with Gasteiger partial charge in [-0.05, 0) is 77.6 Å². The van der Waals surface area contributed by atoms with Crippen molar-refractivity contribution in [2.75, 3.05) is 37.9 Å². The van der Waals surface area contributed by atoms with Crippen LogP contribution in [0.5, 0.6) is 5.75 Å². The van der Waals surface area contributed by atoms with E-state index in [1.807, 2.05) is 47.9 Å². The van der Waals surface area contributed by atoms with Gasteiger partial charge < -0.3 is 24.0 Å². The van der Waals surface area contributed by atoms with E-state index in [-0.39, 0.29) is 0 Å². The third-order valence-electron chi connectivity index (χ3n) is 7.78. The van der Waals surface area contributed by atoms with Gasteiger partial charge in [-0.1, -0.05) is 41.8 Å². The molecule has 0 saturated heterocycles. The third-order valence-corrected chi connectivity index (χ3v) is 8.59. The SMILES string of the molecule is CSN(C)CCOc1cnc(N2CCn3c(C)cc4c(-c5ccc(C)cc5)c([C@H](OC(C)(C)C)C(=O)O)c(C)c2c43)nc1. The van der Waals surface area contributed by atoms with Crippen LogP contribution in [0.15, 0.2) is 42.7 Å². The Kier molecular flexibility index (Phi) is 8.74. The molecule has 1 atom stereocenters. The minimum Gasteiger partial charge on any atom is -0.489 e. The number of likely N-dealkylation sites (N-methyl/N-ethyl adjacent to an activating group) is 1. The van der Waals surface area contributed by atoms with Gasteiger partial charge in [0.1, 0.15) is 6.61 Å². The number of anilines is 2. The highest BCUT2D eigenvalue weighted by Crippen LogP contribution is 2.49. The van der Waals surface area contributed by atoms with Crippen LogP contribution in [0.25, 0.3) is 22.0 Å². The lowest BCUT2D eigenvalue weighted by Gasteiger charge is -2.35. The molecule has 9 nitrogen and oxygen atoms in total. The van der Waals surface area contributed by atoms with Crippen LogP contribution in [-0.2, 0) is 16.1 Å². The number of benzene rings is 2. The Morgan fingerprint density at radius 1 is 1.12 bits per heavy atom. The number of carboxylic acid groups (broad SMARTS) is 1. The first-order valence-corrected chi connectivity index (χ1v) is 15.7. The second kappa shape index (κ2) is 12.2. The van der Waals surface area contributed by atoms with Gasteiger partial charge in [-0.15, -0.1) is 0 Å². The molecule has 0 aliphatic carbocycles. The monoisotopic (exact) mass is 603 g/mol. The number of aromatic nitrogens is 3. The summed E-state index contributed by atoms with van der Waals surface area (Å²) in [7, 11) is 2.02. The Morgan fingerprint density at radius 2 is 1.79 bits per heavy atom. The Balaban J connectivity index is 1.70. The predicted molar refractivity (Wildman–Crippen MR) is 173 cm³/mol. The van der Waals surface area contributed by atoms with Crippen molar-refractivity contribution in [1.29, 1.82) is 0 Å². The molecule has 0 fully saturated rings. The van der Waals surface area contributed by atoms with Crippen LogP contribution in [0.3, 0.4) is 0 Å². The number of carboxylic acids is 1. The van der Waals surface area contributed by atoms with Gasteiger partial charge in [-0.2, -0.15) is 0 Å². The first kappa shape index (κ1) is 30.8. The molecule has 43 heavy (non-hydrogen) atoms. The maximum atomic E-state index is 12.9. The highest BCUT2D eigenvalue weighted by Gasteiger charge is 2.36. The van der Waals surface area contributed by atoms with Crippen LogP contribution in [0, 0.1) is 20.8 Å². The topological polar surface area (TPSA) is 93.0 Å². The molecule has 1 aliphatic heterocycles. The van der Waals surface area contributed by atoms with E-state index >= 15 is 0 Å². The quantitative estimate of drug-likeness (QED) is 0.199. The average molecular weight is 604 g/mol. The molecule has 1 N–H and O–H groups in total. The van der Waals surface area contributed by atoms with Gasteiger partial charge in [0.05, 0.1) is 29.2 Å². The Bertz CT molecular complexity index is 1630. The number of nitrogens with zero attached hydrogens (tertiary/aromatic N) is 5. The van der Waals surface area contributed by atoms with Crippen LogP contribution < -0.4 is 9.64 Å². The average Bonchev–Trinajstić information content (AvgIpc) is 3.30. The Morgan fingerprint density at radius 3 is 2.40 bits per heavy atom. The van der Waals surface area contributed by atoms with E-state index in [2.05, 4.69) is 51.0 Å². The zero-order valence-corrected chi connectivity index (χ0v) is 27.1. The number of ether oxygens (including phenoxy) is 2. The molecule has 0 saturated carbocycles. The van der Waals surface area contributed by atoms with Crippen molar-refractivity contribution in [3.8, 4) is 16.9 Å². The number of rotatable bonds is 10. The summed E-state index contributed by atoms with van der Waals surface area (Å²) in [6.07, 6.45) is 4.26. The number of aliphatic carboxylic acids is 1. The van der Waals surface area contributed by atoms with E-state index in [1.165, 1.54) is 0 Å². The summed E-state index contributed by atoms with van der Waals surface area (Å²) in [5.41, 5.74) is 6.84. The van der Waals surface area contributed by atoms with Crippen molar-refractivity contribution in [2.24, 2.45) is 0 Å². The predicted octanol–water partition coefficient (Wildman–Crippen LogP) is 6.70. The molecule has 10 heteroatoms. The molecule has 1 aliphatic rings. The maximum Gasteiger partial charge on any atom is 0.337 e. The van der Waals surface area contributed by atoms with Gasteiger partial charge >= 0.3 is 5.97 Å².